The van der Waals surface area contributed by atoms with Crippen molar-refractivity contribution in [3.05, 3.63) is 35.1 Å². The fraction of sp³-hybridized carbons (Fsp3) is 0.640. The highest BCUT2D eigenvalue weighted by Crippen LogP contribution is 2.40. The zero-order chi connectivity index (χ0) is 25.6. The van der Waals surface area contributed by atoms with Crippen LogP contribution in [0.3, 0.4) is 0 Å². The minimum atomic E-state index is -3.23. The average Bonchev–Trinajstić information content (AvgIpc) is 2.70. The maximum atomic E-state index is 12.0. The second-order valence-corrected chi connectivity index (χ2v) is 18.5. The second-order valence-electron chi connectivity index (χ2n) is 11.3. The molecule has 0 aliphatic carbocycles. The van der Waals surface area contributed by atoms with Crippen molar-refractivity contribution in [2.24, 2.45) is 0 Å². The van der Waals surface area contributed by atoms with E-state index in [9.17, 15) is 8.42 Å². The van der Waals surface area contributed by atoms with Crippen molar-refractivity contribution >= 4 is 46.4 Å². The predicted molar refractivity (Wildman–Crippen MR) is 146 cm³/mol. The van der Waals surface area contributed by atoms with E-state index in [4.69, 9.17) is 16.0 Å². The van der Waals surface area contributed by atoms with Gasteiger partial charge in [0.05, 0.1) is 12.3 Å². The number of anilines is 1. The van der Waals surface area contributed by atoms with E-state index < -0.39 is 18.3 Å². The van der Waals surface area contributed by atoms with Crippen LogP contribution in [0.4, 0.5) is 5.69 Å². The van der Waals surface area contributed by atoms with Gasteiger partial charge in [0.25, 0.3) is 0 Å². The van der Waals surface area contributed by atoms with Crippen LogP contribution in [0.25, 0.3) is 10.8 Å². The zero-order valence-electron chi connectivity index (χ0n) is 22.0. The summed E-state index contributed by atoms with van der Waals surface area (Å²) in [5, 5.41) is 2.82. The van der Waals surface area contributed by atoms with Crippen LogP contribution in [0.5, 0.6) is 0 Å². The Hall–Kier alpha value is -1.19. The van der Waals surface area contributed by atoms with E-state index in [1.54, 1.807) is 7.05 Å². The maximum Gasteiger partial charge on any atom is 0.211 e. The summed E-state index contributed by atoms with van der Waals surface area (Å²) < 4.78 is 31.9. The van der Waals surface area contributed by atoms with Gasteiger partial charge in [-0.15, -0.1) is 0 Å². The molecule has 190 valence electrons. The zero-order valence-corrected chi connectivity index (χ0v) is 24.6. The van der Waals surface area contributed by atoms with Gasteiger partial charge >= 0.3 is 0 Å². The number of hydrogen-bond donors (Lipinski definition) is 0. The van der Waals surface area contributed by atoms with E-state index in [0.29, 0.717) is 17.6 Å². The molecule has 3 rings (SSSR count). The van der Waals surface area contributed by atoms with E-state index in [2.05, 4.69) is 69.7 Å². The molecule has 1 aromatic carbocycles. The van der Waals surface area contributed by atoms with Crippen molar-refractivity contribution in [1.82, 2.24) is 9.29 Å². The molecule has 0 N–H and O–H groups in total. The lowest BCUT2D eigenvalue weighted by molar-refractivity contribution is 0.251. The molecule has 1 unspecified atom stereocenters. The lowest BCUT2D eigenvalue weighted by Crippen LogP contribution is -2.65. The van der Waals surface area contributed by atoms with Crippen molar-refractivity contribution in [3.8, 4) is 0 Å². The van der Waals surface area contributed by atoms with Gasteiger partial charge < -0.3 is 9.33 Å². The summed E-state index contributed by atoms with van der Waals surface area (Å²) in [5.41, 5.74) is 2.30. The summed E-state index contributed by atoms with van der Waals surface area (Å²) in [6, 6.07) is 6.30. The topological polar surface area (TPSA) is 62.7 Å². The van der Waals surface area contributed by atoms with Gasteiger partial charge in [-0.25, -0.2) is 13.4 Å². The Labute approximate surface area is 211 Å². The van der Waals surface area contributed by atoms with E-state index in [-0.39, 0.29) is 17.1 Å². The van der Waals surface area contributed by atoms with Crippen LogP contribution < -0.4 is 4.90 Å². The molecule has 34 heavy (non-hydrogen) atoms. The number of benzene rings is 1. The van der Waals surface area contributed by atoms with Gasteiger partial charge in [-0.2, -0.15) is 4.31 Å². The summed E-state index contributed by atoms with van der Waals surface area (Å²) in [6.45, 7) is 17.1. The predicted octanol–water partition coefficient (Wildman–Crippen LogP) is 5.87. The highest BCUT2D eigenvalue weighted by molar-refractivity contribution is 7.88. The third kappa shape index (κ3) is 5.46. The van der Waals surface area contributed by atoms with Crippen molar-refractivity contribution < 1.29 is 12.8 Å². The van der Waals surface area contributed by atoms with Crippen molar-refractivity contribution in [3.63, 3.8) is 0 Å². The van der Waals surface area contributed by atoms with Crippen molar-refractivity contribution in [1.29, 1.82) is 0 Å². The molecule has 1 saturated heterocycles. The van der Waals surface area contributed by atoms with Gasteiger partial charge in [-0.05, 0) is 60.5 Å². The molecule has 0 spiro atoms. The van der Waals surface area contributed by atoms with Crippen LogP contribution in [-0.2, 0) is 14.4 Å². The highest BCUT2D eigenvalue weighted by atomic mass is 35.5. The molecule has 0 radical (unpaired) electrons. The summed E-state index contributed by atoms with van der Waals surface area (Å²) >= 11 is 6.32. The number of pyridine rings is 1. The normalized spacial score (nSPS) is 20.6. The molecule has 1 aliphatic rings. The van der Waals surface area contributed by atoms with Gasteiger partial charge in [0, 0.05) is 43.5 Å². The third-order valence-electron chi connectivity index (χ3n) is 7.96. The fourth-order valence-corrected chi connectivity index (χ4v) is 6.29. The lowest BCUT2D eigenvalue weighted by atomic mass is 9.90. The minimum Gasteiger partial charge on any atom is -0.417 e. The van der Waals surface area contributed by atoms with Crippen molar-refractivity contribution in [2.75, 3.05) is 31.4 Å². The van der Waals surface area contributed by atoms with E-state index in [0.717, 1.165) is 29.5 Å². The van der Waals surface area contributed by atoms with Crippen LogP contribution in [-0.4, -0.2) is 64.6 Å². The van der Waals surface area contributed by atoms with Gasteiger partial charge in [0.2, 0.25) is 10.0 Å². The maximum absolute atomic E-state index is 12.0. The number of aromatic nitrogens is 1. The Bertz CT molecular complexity index is 1150. The standard InChI is InChI=1S/C25H40ClN3O3SSi/c1-17(12-13-32-34(8,9)25(3,4)5)19-10-11-22(21-15-27-24(26)14-20(19)21)29-16-23(18(29)2)28(6)33(7,30)31/h10-11,14-15,17-18,23H,12-13,16H2,1-9H3/t17?,18-,23+/m1/s1. The first-order valence-electron chi connectivity index (χ1n) is 12.0. The van der Waals surface area contributed by atoms with Crippen LogP contribution >= 0.6 is 11.6 Å². The first kappa shape index (κ1) is 27.4. The number of nitrogens with zero attached hydrogens (tertiary/aromatic N) is 3. The molecule has 0 amide bonds. The summed E-state index contributed by atoms with van der Waals surface area (Å²) in [7, 11) is -3.35. The van der Waals surface area contributed by atoms with Crippen LogP contribution in [0.1, 0.15) is 52.5 Å². The number of fused-ring (bicyclic) bond motifs is 1. The lowest BCUT2D eigenvalue weighted by Gasteiger charge is -2.51. The fourth-order valence-electron chi connectivity index (χ4n) is 4.34. The first-order chi connectivity index (χ1) is 15.5. The van der Waals surface area contributed by atoms with Gasteiger partial charge in [-0.1, -0.05) is 45.4 Å². The average molecular weight is 526 g/mol. The van der Waals surface area contributed by atoms with E-state index in [1.165, 1.54) is 16.1 Å². The van der Waals surface area contributed by atoms with Crippen LogP contribution in [0, 0.1) is 0 Å². The number of hydrogen-bond acceptors (Lipinski definition) is 5. The van der Waals surface area contributed by atoms with Crippen LogP contribution in [0.2, 0.25) is 23.3 Å². The molecule has 1 fully saturated rings. The van der Waals surface area contributed by atoms with E-state index >= 15 is 0 Å². The second kappa shape index (κ2) is 9.69. The molecule has 1 aliphatic heterocycles. The van der Waals surface area contributed by atoms with Gasteiger partial charge in [0.1, 0.15) is 5.15 Å². The quantitative estimate of drug-likeness (QED) is 0.318. The summed E-state index contributed by atoms with van der Waals surface area (Å²) in [5.74, 6) is 0.303. The molecule has 2 aromatic rings. The molecule has 2 heterocycles. The molecular weight excluding hydrogens is 486 g/mol. The largest absolute Gasteiger partial charge is 0.417 e. The molecule has 0 saturated carbocycles. The molecule has 0 bridgehead atoms. The molecule has 1 aromatic heterocycles. The monoisotopic (exact) mass is 525 g/mol. The SMILES string of the molecule is CC(CCO[Si](C)(C)C(C)(C)C)c1ccc(N2C[C@H](N(C)S(C)(=O)=O)[C@H]2C)c2cnc(Cl)cc12. The first-order valence-corrected chi connectivity index (χ1v) is 17.1. The smallest absolute Gasteiger partial charge is 0.211 e. The van der Waals surface area contributed by atoms with Gasteiger partial charge in [0.15, 0.2) is 8.32 Å². The molecular formula is C25H40ClN3O3SSi. The number of rotatable bonds is 8. The Morgan fingerprint density at radius 1 is 1.29 bits per heavy atom. The number of likely N-dealkylation sites (N-methyl/N-ethyl adjacent to an activating group) is 1. The summed E-state index contributed by atoms with van der Waals surface area (Å²) in [6.07, 6.45) is 4.03. The minimum absolute atomic E-state index is 0.0450. The number of halogens is 1. The Balaban J connectivity index is 1.84. The van der Waals surface area contributed by atoms with Gasteiger partial charge in [-0.3, -0.25) is 0 Å². The van der Waals surface area contributed by atoms with E-state index in [1.807, 2.05) is 12.3 Å². The molecule has 9 heteroatoms. The summed E-state index contributed by atoms with van der Waals surface area (Å²) in [4.78, 5) is 6.61. The molecule has 6 nitrogen and oxygen atoms in total. The van der Waals surface area contributed by atoms with Crippen molar-refractivity contribution in [2.45, 2.75) is 77.2 Å². The number of sulfonamides is 1. The Morgan fingerprint density at radius 3 is 2.50 bits per heavy atom. The van der Waals surface area contributed by atoms with Crippen LogP contribution in [0.15, 0.2) is 24.4 Å². The molecule has 3 atom stereocenters. The Morgan fingerprint density at radius 2 is 1.94 bits per heavy atom. The highest BCUT2D eigenvalue weighted by Gasteiger charge is 2.42. The third-order valence-corrected chi connectivity index (χ3v) is 14.0. The Kier molecular flexibility index (Phi) is 7.81.